The highest BCUT2D eigenvalue weighted by molar-refractivity contribution is 6.30. The molecule has 1 aromatic carbocycles. The molecule has 0 unspecified atom stereocenters. The zero-order valence-electron chi connectivity index (χ0n) is 10.3. The van der Waals surface area contributed by atoms with Crippen LogP contribution in [0.15, 0.2) is 34.9 Å². The summed E-state index contributed by atoms with van der Waals surface area (Å²) in [5, 5.41) is 0.709. The molecule has 0 amide bonds. The minimum absolute atomic E-state index is 0.626. The first-order valence-electron chi connectivity index (χ1n) is 5.78. The summed E-state index contributed by atoms with van der Waals surface area (Å²) in [6, 6.07) is 7.49. The number of nitrogens with zero attached hydrogens (tertiary/aromatic N) is 2. The van der Waals surface area contributed by atoms with E-state index in [1.165, 1.54) is 0 Å². The molecule has 1 heterocycles. The molecule has 4 nitrogen and oxygen atoms in total. The molecule has 1 aromatic heterocycles. The van der Waals surface area contributed by atoms with Crippen molar-refractivity contribution in [3.05, 3.63) is 41.4 Å². The van der Waals surface area contributed by atoms with Gasteiger partial charge in [-0.25, -0.2) is 4.98 Å². The number of rotatable bonds is 5. The van der Waals surface area contributed by atoms with Crippen molar-refractivity contribution in [2.75, 3.05) is 20.1 Å². The van der Waals surface area contributed by atoms with Gasteiger partial charge in [0, 0.05) is 23.7 Å². The molecule has 0 saturated carbocycles. The average Bonchev–Trinajstić information content (AvgIpc) is 2.78. The second kappa shape index (κ2) is 6.00. The van der Waals surface area contributed by atoms with Crippen molar-refractivity contribution in [1.82, 2.24) is 9.88 Å². The van der Waals surface area contributed by atoms with E-state index in [0.29, 0.717) is 24.0 Å². The molecule has 0 aliphatic rings. The third kappa shape index (κ3) is 3.32. The quantitative estimate of drug-likeness (QED) is 0.902. The number of nitrogens with two attached hydrogens (primary N) is 1. The van der Waals surface area contributed by atoms with Gasteiger partial charge in [-0.1, -0.05) is 11.6 Å². The van der Waals surface area contributed by atoms with Crippen LogP contribution in [0, 0.1) is 0 Å². The van der Waals surface area contributed by atoms with E-state index < -0.39 is 0 Å². The smallest absolute Gasteiger partial charge is 0.209 e. The summed E-state index contributed by atoms with van der Waals surface area (Å²) in [5.74, 6) is 1.44. The number of benzene rings is 1. The Hall–Kier alpha value is -1.36. The zero-order chi connectivity index (χ0) is 13.0. The molecular formula is C13H16ClN3O. The van der Waals surface area contributed by atoms with E-state index in [4.69, 9.17) is 21.8 Å². The molecule has 0 saturated heterocycles. The number of oxazole rings is 1. The van der Waals surface area contributed by atoms with Crippen molar-refractivity contribution in [2.45, 2.75) is 6.54 Å². The highest BCUT2D eigenvalue weighted by Gasteiger charge is 2.08. The van der Waals surface area contributed by atoms with Crippen molar-refractivity contribution < 1.29 is 4.42 Å². The van der Waals surface area contributed by atoms with E-state index in [2.05, 4.69) is 9.88 Å². The van der Waals surface area contributed by atoms with Crippen LogP contribution < -0.4 is 5.73 Å². The molecule has 0 fully saturated rings. The summed E-state index contributed by atoms with van der Waals surface area (Å²) in [6.45, 7) is 2.10. The molecule has 0 atom stereocenters. The van der Waals surface area contributed by atoms with Crippen LogP contribution in [0.2, 0.25) is 5.02 Å². The van der Waals surface area contributed by atoms with Crippen molar-refractivity contribution in [3.63, 3.8) is 0 Å². The molecule has 2 N–H and O–H groups in total. The van der Waals surface area contributed by atoms with E-state index in [1.54, 1.807) is 6.20 Å². The first-order chi connectivity index (χ1) is 8.69. The highest BCUT2D eigenvalue weighted by Crippen LogP contribution is 2.22. The predicted molar refractivity (Wildman–Crippen MR) is 72.3 cm³/mol. The normalized spacial score (nSPS) is 11.1. The molecule has 0 aliphatic heterocycles. The Kier molecular flexibility index (Phi) is 4.36. The number of hydrogen-bond donors (Lipinski definition) is 1. The summed E-state index contributed by atoms with van der Waals surface area (Å²) in [5.41, 5.74) is 6.46. The third-order valence-electron chi connectivity index (χ3n) is 2.60. The predicted octanol–water partition coefficient (Wildman–Crippen LogP) is 2.39. The molecule has 0 bridgehead atoms. The van der Waals surface area contributed by atoms with Crippen LogP contribution in [-0.4, -0.2) is 30.0 Å². The SMILES string of the molecule is CN(CCN)Cc1ncc(-c2ccc(Cl)cc2)o1. The van der Waals surface area contributed by atoms with Gasteiger partial charge in [-0.05, 0) is 31.3 Å². The summed E-state index contributed by atoms with van der Waals surface area (Å²) in [7, 11) is 1.99. The van der Waals surface area contributed by atoms with E-state index in [1.807, 2.05) is 31.3 Å². The molecule has 0 spiro atoms. The van der Waals surface area contributed by atoms with E-state index >= 15 is 0 Å². The Bertz CT molecular complexity index is 495. The van der Waals surface area contributed by atoms with Gasteiger partial charge >= 0.3 is 0 Å². The number of hydrogen-bond acceptors (Lipinski definition) is 4. The summed E-state index contributed by atoms with van der Waals surface area (Å²) in [4.78, 5) is 6.32. The van der Waals surface area contributed by atoms with Gasteiger partial charge in [-0.2, -0.15) is 0 Å². The standard InChI is InChI=1S/C13H16ClN3O/c1-17(7-6-15)9-13-16-8-12(18-13)10-2-4-11(14)5-3-10/h2-5,8H,6-7,9,15H2,1H3. The van der Waals surface area contributed by atoms with Gasteiger partial charge in [-0.15, -0.1) is 0 Å². The van der Waals surface area contributed by atoms with E-state index in [-0.39, 0.29) is 0 Å². The Morgan fingerprint density at radius 2 is 2.06 bits per heavy atom. The Balaban J connectivity index is 2.08. The monoisotopic (exact) mass is 265 g/mol. The lowest BCUT2D eigenvalue weighted by molar-refractivity contribution is 0.297. The molecular weight excluding hydrogens is 250 g/mol. The van der Waals surface area contributed by atoms with Crippen molar-refractivity contribution >= 4 is 11.6 Å². The molecule has 2 aromatic rings. The van der Waals surface area contributed by atoms with Gasteiger partial charge in [0.25, 0.3) is 0 Å². The van der Waals surface area contributed by atoms with Crippen LogP contribution in [0.1, 0.15) is 5.89 Å². The fourth-order valence-electron chi connectivity index (χ4n) is 1.66. The van der Waals surface area contributed by atoms with Crippen LogP contribution >= 0.6 is 11.6 Å². The third-order valence-corrected chi connectivity index (χ3v) is 2.85. The second-order valence-electron chi connectivity index (χ2n) is 4.15. The molecule has 18 heavy (non-hydrogen) atoms. The lowest BCUT2D eigenvalue weighted by Crippen LogP contribution is -2.25. The van der Waals surface area contributed by atoms with Gasteiger partial charge in [0.05, 0.1) is 12.7 Å². The lowest BCUT2D eigenvalue weighted by Gasteiger charge is -2.11. The Morgan fingerprint density at radius 3 is 2.72 bits per heavy atom. The summed E-state index contributed by atoms with van der Waals surface area (Å²) < 4.78 is 5.69. The Morgan fingerprint density at radius 1 is 1.33 bits per heavy atom. The number of halogens is 1. The van der Waals surface area contributed by atoms with Crippen LogP contribution in [0.25, 0.3) is 11.3 Å². The highest BCUT2D eigenvalue weighted by atomic mass is 35.5. The van der Waals surface area contributed by atoms with E-state index in [9.17, 15) is 0 Å². The average molecular weight is 266 g/mol. The maximum Gasteiger partial charge on any atom is 0.209 e. The number of likely N-dealkylation sites (N-methyl/N-ethyl adjacent to an activating group) is 1. The van der Waals surface area contributed by atoms with Crippen LogP contribution in [0.4, 0.5) is 0 Å². The second-order valence-corrected chi connectivity index (χ2v) is 4.59. The minimum Gasteiger partial charge on any atom is -0.439 e. The van der Waals surface area contributed by atoms with E-state index in [0.717, 1.165) is 17.9 Å². The van der Waals surface area contributed by atoms with Gasteiger partial charge < -0.3 is 10.2 Å². The van der Waals surface area contributed by atoms with Crippen molar-refractivity contribution in [3.8, 4) is 11.3 Å². The maximum atomic E-state index is 5.84. The fraction of sp³-hybridized carbons (Fsp3) is 0.308. The summed E-state index contributed by atoms with van der Waals surface area (Å²) >= 11 is 5.84. The maximum absolute atomic E-state index is 5.84. The van der Waals surface area contributed by atoms with Crippen LogP contribution in [0.3, 0.4) is 0 Å². The number of aromatic nitrogens is 1. The van der Waals surface area contributed by atoms with Gasteiger partial charge in [0.1, 0.15) is 0 Å². The van der Waals surface area contributed by atoms with Crippen molar-refractivity contribution in [1.29, 1.82) is 0 Å². The first kappa shape index (κ1) is 13.1. The molecule has 5 heteroatoms. The molecule has 96 valence electrons. The molecule has 0 radical (unpaired) electrons. The van der Waals surface area contributed by atoms with Crippen LogP contribution in [0.5, 0.6) is 0 Å². The summed E-state index contributed by atoms with van der Waals surface area (Å²) in [6.07, 6.45) is 1.73. The fourth-order valence-corrected chi connectivity index (χ4v) is 1.79. The van der Waals surface area contributed by atoms with Gasteiger partial charge in [0.15, 0.2) is 5.76 Å². The van der Waals surface area contributed by atoms with Gasteiger partial charge in [0.2, 0.25) is 5.89 Å². The zero-order valence-corrected chi connectivity index (χ0v) is 11.0. The topological polar surface area (TPSA) is 55.3 Å². The largest absolute Gasteiger partial charge is 0.439 e. The van der Waals surface area contributed by atoms with Crippen molar-refractivity contribution in [2.24, 2.45) is 5.73 Å². The first-order valence-corrected chi connectivity index (χ1v) is 6.16. The lowest BCUT2D eigenvalue weighted by atomic mass is 10.2. The molecule has 0 aliphatic carbocycles. The minimum atomic E-state index is 0.626. The Labute approximate surface area is 111 Å². The molecule has 2 rings (SSSR count). The van der Waals surface area contributed by atoms with Gasteiger partial charge in [-0.3, -0.25) is 4.90 Å². The van der Waals surface area contributed by atoms with Crippen LogP contribution in [-0.2, 0) is 6.54 Å².